The zero-order valence-electron chi connectivity index (χ0n) is 19.8. The molecule has 7 nitrogen and oxygen atoms in total. The van der Waals surface area contributed by atoms with Crippen LogP contribution in [0.3, 0.4) is 0 Å². The summed E-state index contributed by atoms with van der Waals surface area (Å²) in [5, 5.41) is 0. The maximum atomic E-state index is 13.0. The van der Waals surface area contributed by atoms with E-state index >= 15 is 0 Å². The second kappa shape index (κ2) is 11.0. The van der Waals surface area contributed by atoms with Crippen LogP contribution in [-0.4, -0.2) is 72.9 Å². The highest BCUT2D eigenvalue weighted by molar-refractivity contribution is 7.89. The summed E-state index contributed by atoms with van der Waals surface area (Å²) in [7, 11) is -3.55. The molecule has 1 saturated heterocycles. The van der Waals surface area contributed by atoms with E-state index in [-0.39, 0.29) is 4.90 Å². The molecule has 0 spiro atoms. The van der Waals surface area contributed by atoms with Crippen LogP contribution in [0.25, 0.3) is 17.2 Å². The second-order valence-electron chi connectivity index (χ2n) is 8.39. The van der Waals surface area contributed by atoms with Gasteiger partial charge in [-0.3, -0.25) is 14.4 Å². The molecule has 1 aliphatic heterocycles. The fourth-order valence-electron chi connectivity index (χ4n) is 4.26. The molecule has 0 aliphatic carbocycles. The number of hydrogen-bond acceptors (Lipinski definition) is 6. The minimum absolute atomic E-state index is 0.267. The lowest BCUT2D eigenvalue weighted by molar-refractivity contribution is 0.115. The molecule has 1 aliphatic rings. The third kappa shape index (κ3) is 5.50. The van der Waals surface area contributed by atoms with Gasteiger partial charge in [0.2, 0.25) is 10.0 Å². The summed E-state index contributed by atoms with van der Waals surface area (Å²) in [5.41, 5.74) is 2.53. The molecule has 0 amide bonds. The summed E-state index contributed by atoms with van der Waals surface area (Å²) in [5.74, 6) is 0. The first kappa shape index (κ1) is 24.8. The zero-order valence-corrected chi connectivity index (χ0v) is 21.4. The van der Waals surface area contributed by atoms with Gasteiger partial charge in [-0.1, -0.05) is 56.3 Å². The Labute approximate surface area is 206 Å². The lowest BCUT2D eigenvalue weighted by atomic mass is 10.2. The maximum Gasteiger partial charge on any atom is 0.270 e. The van der Waals surface area contributed by atoms with E-state index in [2.05, 4.69) is 34.1 Å². The van der Waals surface area contributed by atoms with E-state index in [0.717, 1.165) is 32.7 Å². The van der Waals surface area contributed by atoms with Gasteiger partial charge in [-0.15, -0.1) is 0 Å². The van der Waals surface area contributed by atoms with Crippen molar-refractivity contribution in [2.75, 3.05) is 45.8 Å². The summed E-state index contributed by atoms with van der Waals surface area (Å²) in [4.78, 5) is 5.38. The SMILES string of the molecule is CCN(CC)S(=O)(=O)c1ccc2oc(=S)n(CN3CCN(CC=Cc4ccccc4)CC3)c2c1. The Kier molecular flexibility index (Phi) is 8.00. The number of sulfonamides is 1. The molecular formula is C25H32N4O3S2. The average Bonchev–Trinajstić information content (AvgIpc) is 3.15. The molecule has 0 unspecified atom stereocenters. The van der Waals surface area contributed by atoms with E-state index in [9.17, 15) is 8.42 Å². The molecule has 4 rings (SSSR count). The van der Waals surface area contributed by atoms with Gasteiger partial charge in [-0.2, -0.15) is 4.31 Å². The minimum Gasteiger partial charge on any atom is -0.429 e. The van der Waals surface area contributed by atoms with Gasteiger partial charge in [0.05, 0.1) is 17.1 Å². The first-order chi connectivity index (χ1) is 16.4. The summed E-state index contributed by atoms with van der Waals surface area (Å²) in [6.45, 7) is 9.78. The van der Waals surface area contributed by atoms with Crippen LogP contribution in [0.1, 0.15) is 19.4 Å². The maximum absolute atomic E-state index is 13.0. The molecule has 2 aromatic carbocycles. The highest BCUT2D eigenvalue weighted by Gasteiger charge is 2.24. The van der Waals surface area contributed by atoms with E-state index in [1.165, 1.54) is 9.87 Å². The molecule has 182 valence electrons. The Bertz CT molecular complexity index is 1290. The van der Waals surface area contributed by atoms with Gasteiger partial charge in [0.15, 0.2) is 5.58 Å². The third-order valence-electron chi connectivity index (χ3n) is 6.26. The number of piperazine rings is 1. The van der Waals surface area contributed by atoms with Crippen LogP contribution in [0, 0.1) is 4.84 Å². The Morgan fingerprint density at radius 3 is 2.35 bits per heavy atom. The van der Waals surface area contributed by atoms with Gasteiger partial charge >= 0.3 is 0 Å². The van der Waals surface area contributed by atoms with E-state index in [1.807, 2.05) is 36.6 Å². The summed E-state index contributed by atoms with van der Waals surface area (Å²) >= 11 is 5.47. The van der Waals surface area contributed by atoms with Gasteiger partial charge in [0, 0.05) is 45.8 Å². The number of benzene rings is 2. The number of rotatable bonds is 9. The molecule has 1 aromatic heterocycles. The number of nitrogens with zero attached hydrogens (tertiary/aromatic N) is 4. The number of hydrogen-bond donors (Lipinski definition) is 0. The number of aromatic nitrogens is 1. The molecule has 0 saturated carbocycles. The fraction of sp³-hybridized carbons (Fsp3) is 0.400. The molecule has 0 radical (unpaired) electrons. The van der Waals surface area contributed by atoms with Gasteiger partial charge in [-0.25, -0.2) is 8.42 Å². The standard InChI is InChI=1S/C25H32N4O3S2/c1-3-28(4-2)34(30,31)22-12-13-24-23(19-22)29(25(33)32-24)20-27-17-15-26(16-18-27)14-8-11-21-9-6-5-7-10-21/h5-13,19H,3-4,14-18,20H2,1-2H3. The Balaban J connectivity index is 1.43. The van der Waals surface area contributed by atoms with Gasteiger partial charge < -0.3 is 4.42 Å². The molecule has 2 heterocycles. The molecule has 3 aromatic rings. The number of fused-ring (bicyclic) bond motifs is 1. The van der Waals surface area contributed by atoms with Crippen molar-refractivity contribution in [2.45, 2.75) is 25.4 Å². The quantitative estimate of drug-likeness (QED) is 0.409. The van der Waals surface area contributed by atoms with E-state index in [1.54, 1.807) is 18.2 Å². The topological polar surface area (TPSA) is 61.9 Å². The normalized spacial score (nSPS) is 16.2. The van der Waals surface area contributed by atoms with Crippen LogP contribution in [0.5, 0.6) is 0 Å². The monoisotopic (exact) mass is 500 g/mol. The largest absolute Gasteiger partial charge is 0.429 e. The van der Waals surface area contributed by atoms with Crippen LogP contribution in [0.4, 0.5) is 0 Å². The highest BCUT2D eigenvalue weighted by atomic mass is 32.2. The van der Waals surface area contributed by atoms with Crippen LogP contribution in [0.2, 0.25) is 0 Å². The highest BCUT2D eigenvalue weighted by Crippen LogP contribution is 2.24. The summed E-state index contributed by atoms with van der Waals surface area (Å²) in [6, 6.07) is 15.3. The van der Waals surface area contributed by atoms with Crippen molar-refractivity contribution >= 4 is 39.4 Å². The fourth-order valence-corrected chi connectivity index (χ4v) is 5.99. The first-order valence-corrected chi connectivity index (χ1v) is 13.6. The summed E-state index contributed by atoms with van der Waals surface area (Å²) in [6.07, 6.45) is 4.37. The molecule has 0 N–H and O–H groups in total. The molecular weight excluding hydrogens is 468 g/mol. The van der Waals surface area contributed by atoms with Crippen LogP contribution in [0.15, 0.2) is 63.9 Å². The predicted octanol–water partition coefficient (Wildman–Crippen LogP) is 4.28. The molecule has 0 atom stereocenters. The van der Waals surface area contributed by atoms with Gasteiger partial charge in [0.25, 0.3) is 4.84 Å². The second-order valence-corrected chi connectivity index (χ2v) is 10.7. The first-order valence-electron chi connectivity index (χ1n) is 11.7. The number of oxazole rings is 1. The van der Waals surface area contributed by atoms with Crippen LogP contribution >= 0.6 is 12.2 Å². The van der Waals surface area contributed by atoms with E-state index in [4.69, 9.17) is 16.6 Å². The minimum atomic E-state index is -3.55. The van der Waals surface area contributed by atoms with Crippen LogP contribution < -0.4 is 0 Å². The van der Waals surface area contributed by atoms with Crippen molar-refractivity contribution < 1.29 is 12.8 Å². The van der Waals surface area contributed by atoms with Crippen molar-refractivity contribution in [1.82, 2.24) is 18.7 Å². The molecule has 0 bridgehead atoms. The molecule has 34 heavy (non-hydrogen) atoms. The van der Waals surface area contributed by atoms with Crippen molar-refractivity contribution in [2.24, 2.45) is 0 Å². The summed E-state index contributed by atoms with van der Waals surface area (Å²) < 4.78 is 35.1. The molecule has 1 fully saturated rings. The van der Waals surface area contributed by atoms with E-state index < -0.39 is 10.0 Å². The predicted molar refractivity (Wildman–Crippen MR) is 139 cm³/mol. The van der Waals surface area contributed by atoms with Crippen molar-refractivity contribution in [3.05, 3.63) is 65.0 Å². The van der Waals surface area contributed by atoms with Crippen molar-refractivity contribution in [3.63, 3.8) is 0 Å². The smallest absolute Gasteiger partial charge is 0.270 e. The Hall–Kier alpha value is -2.30. The van der Waals surface area contributed by atoms with Crippen LogP contribution in [-0.2, 0) is 16.7 Å². The Morgan fingerprint density at radius 2 is 1.68 bits per heavy atom. The Morgan fingerprint density at radius 1 is 1.00 bits per heavy atom. The van der Waals surface area contributed by atoms with Crippen molar-refractivity contribution in [1.29, 1.82) is 0 Å². The van der Waals surface area contributed by atoms with Crippen molar-refractivity contribution in [3.8, 4) is 0 Å². The van der Waals surface area contributed by atoms with E-state index in [0.29, 0.717) is 35.7 Å². The van der Waals surface area contributed by atoms with Gasteiger partial charge in [0.1, 0.15) is 0 Å². The zero-order chi connectivity index (χ0) is 24.1. The van der Waals surface area contributed by atoms with Gasteiger partial charge in [-0.05, 0) is 36.0 Å². The lowest BCUT2D eigenvalue weighted by Gasteiger charge is -2.34. The average molecular weight is 501 g/mol. The molecule has 9 heteroatoms. The third-order valence-corrected chi connectivity index (χ3v) is 8.61. The lowest BCUT2D eigenvalue weighted by Crippen LogP contribution is -2.46.